The zero-order chi connectivity index (χ0) is 17.6. The third-order valence-corrected chi connectivity index (χ3v) is 5.30. The number of nitro groups is 1. The van der Waals surface area contributed by atoms with E-state index in [1.807, 2.05) is 7.05 Å². The van der Waals surface area contributed by atoms with Gasteiger partial charge in [-0.3, -0.25) is 15.1 Å². The largest absolute Gasteiger partial charge is 0.383 e. The SMILES string of the molecule is CN=C(NCCNc1ccc([N+](=O)[O-])cc1)N1CC2CCCCC2C1.I. The first-order chi connectivity index (χ1) is 12.2. The van der Waals surface area contributed by atoms with E-state index in [9.17, 15) is 10.1 Å². The van der Waals surface area contributed by atoms with Gasteiger partial charge in [-0.05, 0) is 36.8 Å². The monoisotopic (exact) mass is 473 g/mol. The Morgan fingerprint density at radius 1 is 1.19 bits per heavy atom. The molecule has 7 nitrogen and oxygen atoms in total. The van der Waals surface area contributed by atoms with Gasteiger partial charge in [-0.2, -0.15) is 0 Å². The van der Waals surface area contributed by atoms with Crippen molar-refractivity contribution in [2.24, 2.45) is 16.8 Å². The Balaban J connectivity index is 0.00000243. The Bertz CT molecular complexity index is 609. The fourth-order valence-electron chi connectivity index (χ4n) is 3.99. The average molecular weight is 473 g/mol. The van der Waals surface area contributed by atoms with Crippen LogP contribution in [-0.2, 0) is 0 Å². The molecule has 8 heteroatoms. The van der Waals surface area contributed by atoms with Gasteiger partial charge in [0.05, 0.1) is 4.92 Å². The highest BCUT2D eigenvalue weighted by molar-refractivity contribution is 14.0. The zero-order valence-corrected chi connectivity index (χ0v) is 17.5. The van der Waals surface area contributed by atoms with Gasteiger partial charge in [0.1, 0.15) is 0 Å². The fourth-order valence-corrected chi connectivity index (χ4v) is 3.99. The van der Waals surface area contributed by atoms with Gasteiger partial charge in [0, 0.05) is 51.0 Å². The molecular formula is C18H28IN5O2. The van der Waals surface area contributed by atoms with Crippen molar-refractivity contribution < 1.29 is 4.92 Å². The lowest BCUT2D eigenvalue weighted by molar-refractivity contribution is -0.384. The van der Waals surface area contributed by atoms with Gasteiger partial charge in [-0.25, -0.2) is 0 Å². The van der Waals surface area contributed by atoms with E-state index >= 15 is 0 Å². The Labute approximate surface area is 171 Å². The van der Waals surface area contributed by atoms with E-state index in [1.165, 1.54) is 37.8 Å². The number of nitro benzene ring substituents is 1. The van der Waals surface area contributed by atoms with Crippen molar-refractivity contribution in [2.75, 3.05) is 38.5 Å². The third-order valence-electron chi connectivity index (χ3n) is 5.30. The number of hydrogen-bond acceptors (Lipinski definition) is 4. The number of hydrogen-bond donors (Lipinski definition) is 2. The molecule has 2 atom stereocenters. The summed E-state index contributed by atoms with van der Waals surface area (Å²) < 4.78 is 0. The van der Waals surface area contributed by atoms with Crippen molar-refractivity contribution in [3.05, 3.63) is 34.4 Å². The predicted molar refractivity (Wildman–Crippen MR) is 115 cm³/mol. The lowest BCUT2D eigenvalue weighted by atomic mass is 9.82. The normalized spacial score (nSPS) is 22.3. The maximum Gasteiger partial charge on any atom is 0.269 e. The predicted octanol–water partition coefficient (Wildman–Crippen LogP) is 3.32. The molecule has 0 bridgehead atoms. The van der Waals surface area contributed by atoms with Gasteiger partial charge in [-0.15, -0.1) is 24.0 Å². The van der Waals surface area contributed by atoms with Crippen molar-refractivity contribution in [3.63, 3.8) is 0 Å². The van der Waals surface area contributed by atoms with E-state index in [1.54, 1.807) is 12.1 Å². The van der Waals surface area contributed by atoms with Gasteiger partial charge in [0.25, 0.3) is 5.69 Å². The smallest absolute Gasteiger partial charge is 0.269 e. The molecule has 0 aromatic heterocycles. The summed E-state index contributed by atoms with van der Waals surface area (Å²) >= 11 is 0. The number of anilines is 1. The molecule has 1 aromatic carbocycles. The maximum atomic E-state index is 10.7. The van der Waals surface area contributed by atoms with Crippen LogP contribution in [0.1, 0.15) is 25.7 Å². The average Bonchev–Trinajstić information content (AvgIpc) is 3.06. The summed E-state index contributed by atoms with van der Waals surface area (Å²) in [6.45, 7) is 3.74. The Morgan fingerprint density at radius 2 is 1.81 bits per heavy atom. The molecule has 1 aromatic rings. The first-order valence-corrected chi connectivity index (χ1v) is 9.11. The Hall–Kier alpha value is -1.58. The molecule has 1 saturated heterocycles. The highest BCUT2D eigenvalue weighted by atomic mass is 127. The summed E-state index contributed by atoms with van der Waals surface area (Å²) in [5.41, 5.74) is 0.995. The first-order valence-electron chi connectivity index (χ1n) is 9.11. The van der Waals surface area contributed by atoms with Gasteiger partial charge in [0.15, 0.2) is 5.96 Å². The van der Waals surface area contributed by atoms with Crippen LogP contribution in [0, 0.1) is 22.0 Å². The molecule has 0 radical (unpaired) electrons. The molecule has 1 heterocycles. The zero-order valence-electron chi connectivity index (χ0n) is 15.2. The van der Waals surface area contributed by atoms with Crippen LogP contribution in [0.5, 0.6) is 0 Å². The van der Waals surface area contributed by atoms with Crippen LogP contribution in [0.2, 0.25) is 0 Å². The third kappa shape index (κ3) is 5.21. The summed E-state index contributed by atoms with van der Waals surface area (Å²) in [6.07, 6.45) is 5.47. The van der Waals surface area contributed by atoms with Crippen LogP contribution in [0.4, 0.5) is 11.4 Å². The fraction of sp³-hybridized carbons (Fsp3) is 0.611. The van der Waals surface area contributed by atoms with E-state index < -0.39 is 0 Å². The second kappa shape index (κ2) is 9.94. The highest BCUT2D eigenvalue weighted by Crippen LogP contribution is 2.35. The van der Waals surface area contributed by atoms with E-state index in [0.29, 0.717) is 0 Å². The molecule has 1 aliphatic carbocycles. The van der Waals surface area contributed by atoms with Crippen molar-refractivity contribution in [3.8, 4) is 0 Å². The summed E-state index contributed by atoms with van der Waals surface area (Å²) in [6, 6.07) is 6.50. The molecule has 0 spiro atoms. The Morgan fingerprint density at radius 3 is 2.35 bits per heavy atom. The molecule has 1 saturated carbocycles. The number of rotatable bonds is 5. The number of non-ortho nitro benzene ring substituents is 1. The first kappa shape index (κ1) is 20.7. The molecule has 2 fully saturated rings. The maximum absolute atomic E-state index is 10.7. The number of likely N-dealkylation sites (tertiary alicyclic amines) is 1. The van der Waals surface area contributed by atoms with Gasteiger partial charge in [-0.1, -0.05) is 12.8 Å². The molecule has 2 N–H and O–H groups in total. The number of aliphatic imine (C=N–C) groups is 1. The second-order valence-corrected chi connectivity index (χ2v) is 6.91. The summed E-state index contributed by atoms with van der Waals surface area (Å²) in [5.74, 6) is 2.66. The quantitative estimate of drug-likeness (QED) is 0.171. The lowest BCUT2D eigenvalue weighted by Crippen LogP contribution is -2.42. The molecule has 3 rings (SSSR count). The topological polar surface area (TPSA) is 82.8 Å². The van der Waals surface area contributed by atoms with Crippen LogP contribution in [0.3, 0.4) is 0 Å². The van der Waals surface area contributed by atoms with Crippen LogP contribution >= 0.6 is 24.0 Å². The van der Waals surface area contributed by atoms with Gasteiger partial charge in [0.2, 0.25) is 0 Å². The number of guanidine groups is 1. The van der Waals surface area contributed by atoms with E-state index in [0.717, 1.165) is 49.7 Å². The number of fused-ring (bicyclic) bond motifs is 1. The molecule has 26 heavy (non-hydrogen) atoms. The van der Waals surface area contributed by atoms with Crippen molar-refractivity contribution >= 4 is 41.3 Å². The Kier molecular flexibility index (Phi) is 7.92. The van der Waals surface area contributed by atoms with Crippen LogP contribution in [0.15, 0.2) is 29.3 Å². The number of nitrogens with one attached hydrogen (secondary N) is 2. The van der Waals surface area contributed by atoms with Crippen LogP contribution in [-0.4, -0.2) is 49.0 Å². The van der Waals surface area contributed by atoms with Crippen molar-refractivity contribution in [2.45, 2.75) is 25.7 Å². The molecular weight excluding hydrogens is 445 g/mol. The van der Waals surface area contributed by atoms with E-state index in [-0.39, 0.29) is 34.6 Å². The van der Waals surface area contributed by atoms with Crippen LogP contribution < -0.4 is 10.6 Å². The lowest BCUT2D eigenvalue weighted by Gasteiger charge is -2.22. The molecule has 2 unspecified atom stereocenters. The minimum atomic E-state index is -0.386. The summed E-state index contributed by atoms with van der Waals surface area (Å²) in [7, 11) is 1.84. The number of benzene rings is 1. The van der Waals surface area contributed by atoms with Gasteiger partial charge >= 0.3 is 0 Å². The summed E-state index contributed by atoms with van der Waals surface area (Å²) in [4.78, 5) is 17.1. The highest BCUT2D eigenvalue weighted by Gasteiger charge is 2.35. The van der Waals surface area contributed by atoms with Crippen molar-refractivity contribution in [1.82, 2.24) is 10.2 Å². The molecule has 1 aliphatic heterocycles. The van der Waals surface area contributed by atoms with E-state index in [2.05, 4.69) is 20.5 Å². The number of halogens is 1. The van der Waals surface area contributed by atoms with E-state index in [4.69, 9.17) is 0 Å². The molecule has 144 valence electrons. The number of nitrogens with zero attached hydrogens (tertiary/aromatic N) is 3. The van der Waals surface area contributed by atoms with Crippen LogP contribution in [0.25, 0.3) is 0 Å². The molecule has 2 aliphatic rings. The second-order valence-electron chi connectivity index (χ2n) is 6.91. The molecule has 0 amide bonds. The minimum Gasteiger partial charge on any atom is -0.383 e. The minimum absolute atomic E-state index is 0. The summed E-state index contributed by atoms with van der Waals surface area (Å²) in [5, 5.41) is 17.4. The van der Waals surface area contributed by atoms with Gasteiger partial charge < -0.3 is 15.5 Å². The standard InChI is InChI=1S/C18H27N5O2.HI/c1-19-18(22-12-14-4-2-3-5-15(14)13-22)21-11-10-20-16-6-8-17(9-7-16)23(24)25;/h6-9,14-15,20H,2-5,10-13H2,1H3,(H,19,21);1H. The van der Waals surface area contributed by atoms with Crippen molar-refractivity contribution in [1.29, 1.82) is 0 Å².